The van der Waals surface area contributed by atoms with Crippen LogP contribution in [0, 0.1) is 0 Å². The van der Waals surface area contributed by atoms with Gasteiger partial charge in [-0.2, -0.15) is 0 Å². The summed E-state index contributed by atoms with van der Waals surface area (Å²) in [6, 6.07) is 72.5. The average Bonchev–Trinajstić information content (AvgIpc) is 3.76. The van der Waals surface area contributed by atoms with Crippen LogP contribution in [0.5, 0.6) is 0 Å². The molecule has 0 unspecified atom stereocenters. The molecule has 0 aliphatic heterocycles. The first-order valence-corrected chi connectivity index (χ1v) is 21.6. The second-order valence-electron chi connectivity index (χ2n) is 16.2. The van der Waals surface area contributed by atoms with E-state index in [4.69, 9.17) is 19.4 Å². The zero-order valence-electron chi connectivity index (χ0n) is 34.4. The molecule has 0 amide bonds. The Labute approximate surface area is 365 Å². The van der Waals surface area contributed by atoms with E-state index < -0.39 is 0 Å². The lowest BCUT2D eigenvalue weighted by molar-refractivity contribution is 0.591. The highest BCUT2D eigenvalue weighted by molar-refractivity contribution is 6.19. The molecule has 1 aliphatic rings. The second kappa shape index (κ2) is 15.4. The number of pyridine rings is 1. The molecule has 12 rings (SSSR count). The maximum Gasteiger partial charge on any atom is 0.160 e. The number of aromatic nitrogens is 3. The summed E-state index contributed by atoms with van der Waals surface area (Å²) in [5.74, 6) is 1.67. The van der Waals surface area contributed by atoms with Gasteiger partial charge in [-0.15, -0.1) is 0 Å². The Kier molecular flexibility index (Phi) is 8.93. The third-order valence-corrected chi connectivity index (χ3v) is 12.4. The number of rotatable bonds is 7. The van der Waals surface area contributed by atoms with Crippen LogP contribution in [0.15, 0.2) is 217 Å². The molecule has 0 saturated heterocycles. The van der Waals surface area contributed by atoms with Crippen molar-refractivity contribution in [2.75, 3.05) is 0 Å². The predicted molar refractivity (Wildman–Crippen MR) is 259 cm³/mol. The van der Waals surface area contributed by atoms with Crippen LogP contribution in [0.3, 0.4) is 0 Å². The largest absolute Gasteiger partial charge is 0.456 e. The summed E-state index contributed by atoms with van der Waals surface area (Å²) in [5.41, 5.74) is 16.8. The van der Waals surface area contributed by atoms with Gasteiger partial charge in [0.1, 0.15) is 11.3 Å². The molecule has 0 fully saturated rings. The molecule has 3 aromatic heterocycles. The van der Waals surface area contributed by atoms with E-state index in [2.05, 4.69) is 188 Å². The van der Waals surface area contributed by atoms with Crippen molar-refractivity contribution in [1.29, 1.82) is 0 Å². The normalized spacial score (nSPS) is 12.4. The lowest BCUT2D eigenvalue weighted by Gasteiger charge is -2.16. The predicted octanol–water partition coefficient (Wildman–Crippen LogP) is 15.3. The standard InChI is InChI=1S/C59H39N3O/c1-4-15-38(16-5-1)45-22-12-26-50-55(45)51-27-13-23-46(57(51)62-56(50)43-17-6-2-7-18-43)39-29-33-41(34-30-39)52-37-53(61-59(60-52)44-19-8-3-9-20-44)42-35-31-40(32-36-42)47-24-14-25-49-48-21-10-11-28-54(48)63-58(47)49/h1-13,15-24,26-37H,14,25H2. The molecule has 4 nitrogen and oxygen atoms in total. The van der Waals surface area contributed by atoms with Crippen LogP contribution in [0.2, 0.25) is 0 Å². The van der Waals surface area contributed by atoms with Gasteiger partial charge < -0.3 is 4.42 Å². The quantitative estimate of drug-likeness (QED) is 0.151. The first-order chi connectivity index (χ1) is 31.2. The molecule has 0 spiro atoms. The third kappa shape index (κ3) is 6.52. The van der Waals surface area contributed by atoms with Crippen LogP contribution in [0.4, 0.5) is 0 Å². The Bertz CT molecular complexity index is 3520. The van der Waals surface area contributed by atoms with Crippen LogP contribution in [-0.2, 0) is 6.42 Å². The van der Waals surface area contributed by atoms with E-state index in [-0.39, 0.29) is 0 Å². The first-order valence-electron chi connectivity index (χ1n) is 21.6. The number of fused-ring (bicyclic) bond motifs is 6. The van der Waals surface area contributed by atoms with Crippen LogP contribution in [0.1, 0.15) is 23.3 Å². The molecule has 0 bridgehead atoms. The molecule has 63 heavy (non-hydrogen) atoms. The lowest BCUT2D eigenvalue weighted by Crippen LogP contribution is -1.99. The minimum atomic E-state index is 0.686. The van der Waals surface area contributed by atoms with Crippen molar-refractivity contribution in [3.05, 3.63) is 229 Å². The fourth-order valence-electron chi connectivity index (χ4n) is 9.35. The first kappa shape index (κ1) is 36.6. The van der Waals surface area contributed by atoms with Crippen LogP contribution >= 0.6 is 0 Å². The number of para-hydroxylation sites is 2. The molecule has 11 aromatic rings. The molecule has 296 valence electrons. The van der Waals surface area contributed by atoms with Crippen LogP contribution in [-0.4, -0.2) is 15.0 Å². The number of hydrogen-bond donors (Lipinski definition) is 0. The smallest absolute Gasteiger partial charge is 0.160 e. The highest BCUT2D eigenvalue weighted by atomic mass is 16.3. The summed E-state index contributed by atoms with van der Waals surface area (Å²) >= 11 is 0. The highest BCUT2D eigenvalue weighted by Gasteiger charge is 2.22. The van der Waals surface area contributed by atoms with Crippen molar-refractivity contribution in [2.45, 2.75) is 12.8 Å². The zero-order valence-corrected chi connectivity index (χ0v) is 34.4. The van der Waals surface area contributed by atoms with Crippen molar-refractivity contribution in [2.24, 2.45) is 0 Å². The molecular weight excluding hydrogens is 767 g/mol. The lowest BCUT2D eigenvalue weighted by atomic mass is 9.90. The van der Waals surface area contributed by atoms with E-state index >= 15 is 0 Å². The van der Waals surface area contributed by atoms with E-state index in [0.717, 1.165) is 102 Å². The number of allylic oxidation sites excluding steroid dienone is 1. The SMILES string of the molecule is C1=C(c2ccc(-c3cc(-c4ccc(-c5cccc6c5nc(-c5ccccc5)c5cccc(-c7ccccc7)c56)cc4)nc(-c4ccccc4)n3)cc2)c2oc3ccccc3c2CC1. The summed E-state index contributed by atoms with van der Waals surface area (Å²) in [6.07, 6.45) is 4.28. The number of benzene rings is 8. The maximum atomic E-state index is 6.43. The number of aryl methyl sites for hydroxylation is 1. The minimum Gasteiger partial charge on any atom is -0.456 e. The summed E-state index contributed by atoms with van der Waals surface area (Å²) in [5, 5.41) is 4.68. The van der Waals surface area contributed by atoms with Crippen molar-refractivity contribution < 1.29 is 4.42 Å². The number of furan rings is 1. The zero-order chi connectivity index (χ0) is 41.7. The molecule has 4 heteroatoms. The minimum absolute atomic E-state index is 0.686. The van der Waals surface area contributed by atoms with E-state index in [0.29, 0.717) is 5.82 Å². The number of nitrogens with zero attached hydrogens (tertiary/aromatic N) is 3. The summed E-state index contributed by atoms with van der Waals surface area (Å²) in [7, 11) is 0. The fraction of sp³-hybridized carbons (Fsp3) is 0.0339. The van der Waals surface area contributed by atoms with Crippen molar-refractivity contribution >= 4 is 38.2 Å². The molecule has 1 aliphatic carbocycles. The van der Waals surface area contributed by atoms with Crippen LogP contribution in [0.25, 0.3) is 106 Å². The van der Waals surface area contributed by atoms with E-state index in [1.807, 2.05) is 24.3 Å². The van der Waals surface area contributed by atoms with Gasteiger partial charge in [0.25, 0.3) is 0 Å². The van der Waals surface area contributed by atoms with Gasteiger partial charge in [0, 0.05) is 60.5 Å². The summed E-state index contributed by atoms with van der Waals surface area (Å²) in [4.78, 5) is 15.8. The third-order valence-electron chi connectivity index (χ3n) is 12.4. The maximum absolute atomic E-state index is 6.43. The van der Waals surface area contributed by atoms with Crippen LogP contribution < -0.4 is 0 Å². The highest BCUT2D eigenvalue weighted by Crippen LogP contribution is 2.42. The van der Waals surface area contributed by atoms with Gasteiger partial charge in [-0.25, -0.2) is 15.0 Å². The van der Waals surface area contributed by atoms with Crippen molar-refractivity contribution in [3.8, 4) is 67.4 Å². The number of hydrogen-bond acceptors (Lipinski definition) is 4. The van der Waals surface area contributed by atoms with Gasteiger partial charge in [0.15, 0.2) is 5.82 Å². The Morgan fingerprint density at radius 1 is 0.397 bits per heavy atom. The Hall–Kier alpha value is -8.21. The van der Waals surface area contributed by atoms with Gasteiger partial charge in [-0.3, -0.25) is 0 Å². The summed E-state index contributed by atoms with van der Waals surface area (Å²) < 4.78 is 6.43. The van der Waals surface area contributed by atoms with E-state index in [1.165, 1.54) is 27.5 Å². The van der Waals surface area contributed by atoms with Gasteiger partial charge in [0.2, 0.25) is 0 Å². The molecule has 0 saturated carbocycles. The summed E-state index contributed by atoms with van der Waals surface area (Å²) in [6.45, 7) is 0. The fourth-order valence-corrected chi connectivity index (χ4v) is 9.35. The Morgan fingerprint density at radius 2 is 0.937 bits per heavy atom. The molecule has 0 atom stereocenters. The molecule has 8 aromatic carbocycles. The van der Waals surface area contributed by atoms with Gasteiger partial charge in [-0.1, -0.05) is 200 Å². The van der Waals surface area contributed by atoms with E-state index in [9.17, 15) is 0 Å². The molecule has 3 heterocycles. The second-order valence-corrected chi connectivity index (χ2v) is 16.2. The molecular formula is C59H39N3O. The molecule has 0 radical (unpaired) electrons. The monoisotopic (exact) mass is 805 g/mol. The average molecular weight is 806 g/mol. The van der Waals surface area contributed by atoms with Gasteiger partial charge >= 0.3 is 0 Å². The van der Waals surface area contributed by atoms with Crippen molar-refractivity contribution in [1.82, 2.24) is 15.0 Å². The topological polar surface area (TPSA) is 51.8 Å². The molecule has 0 N–H and O–H groups in total. The van der Waals surface area contributed by atoms with Crippen molar-refractivity contribution in [3.63, 3.8) is 0 Å². The van der Waals surface area contributed by atoms with Gasteiger partial charge in [-0.05, 0) is 47.2 Å². The van der Waals surface area contributed by atoms with E-state index in [1.54, 1.807) is 0 Å². The Morgan fingerprint density at radius 3 is 1.63 bits per heavy atom. The van der Waals surface area contributed by atoms with Gasteiger partial charge in [0.05, 0.1) is 22.6 Å². The Balaban J connectivity index is 0.947.